The molecule has 1 aromatic carbocycles. The molecule has 0 heterocycles. The van der Waals surface area contributed by atoms with Crippen molar-refractivity contribution in [1.29, 1.82) is 0 Å². The number of thioether (sulfide) groups is 1. The van der Waals surface area contributed by atoms with Crippen molar-refractivity contribution in [2.75, 3.05) is 20.7 Å². The lowest BCUT2D eigenvalue weighted by Gasteiger charge is -2.19. The topological polar surface area (TPSA) is 29.5 Å². The fourth-order valence-corrected chi connectivity index (χ4v) is 2.47. The van der Waals surface area contributed by atoms with Crippen LogP contribution in [0.4, 0.5) is 0 Å². The van der Waals surface area contributed by atoms with Gasteiger partial charge in [-0.15, -0.1) is 0 Å². The van der Waals surface area contributed by atoms with E-state index in [9.17, 15) is 4.79 Å². The number of nitrogens with zero attached hydrogens (tertiary/aromatic N) is 1. The van der Waals surface area contributed by atoms with E-state index >= 15 is 0 Å². The molecular formula is C19H27NO2S. The van der Waals surface area contributed by atoms with Gasteiger partial charge in [0.15, 0.2) is 0 Å². The van der Waals surface area contributed by atoms with Gasteiger partial charge in [0, 0.05) is 19.0 Å². The first-order valence-corrected chi connectivity index (χ1v) is 8.46. The summed E-state index contributed by atoms with van der Waals surface area (Å²) >= 11 is 1.44. The van der Waals surface area contributed by atoms with Crippen molar-refractivity contribution in [2.24, 2.45) is 5.41 Å². The van der Waals surface area contributed by atoms with E-state index in [0.717, 1.165) is 10.5 Å². The highest BCUT2D eigenvalue weighted by Crippen LogP contribution is 2.30. The van der Waals surface area contributed by atoms with Crippen molar-refractivity contribution < 1.29 is 9.53 Å². The molecular weight excluding hydrogens is 306 g/mol. The van der Waals surface area contributed by atoms with Gasteiger partial charge in [-0.1, -0.05) is 50.7 Å². The second-order valence-corrected chi connectivity index (χ2v) is 7.93. The molecule has 0 N–H and O–H groups in total. The number of carbonyl (C=O) groups excluding carboxylic acids is 1. The van der Waals surface area contributed by atoms with Crippen LogP contribution in [-0.4, -0.2) is 31.6 Å². The zero-order valence-corrected chi connectivity index (χ0v) is 15.7. The van der Waals surface area contributed by atoms with E-state index in [0.29, 0.717) is 11.5 Å². The normalized spacial score (nSPS) is 13.0. The lowest BCUT2D eigenvalue weighted by molar-refractivity contribution is -0.140. The summed E-state index contributed by atoms with van der Waals surface area (Å²) in [6.07, 6.45) is 3.86. The highest BCUT2D eigenvalue weighted by molar-refractivity contribution is 8.04. The maximum Gasteiger partial charge on any atom is 0.345 e. The molecule has 23 heavy (non-hydrogen) atoms. The standard InChI is InChI=1S/C19H27NO2S/c1-15(12-13-20(5)6)17(18(21)22-14-19(2,3)4)23-16-10-8-7-9-11-16/h7-13H,14H2,1-6H3/b13-12+,17-15-. The second kappa shape index (κ2) is 8.82. The third-order valence-corrected chi connectivity index (χ3v) is 3.97. The van der Waals surface area contributed by atoms with Crippen LogP contribution >= 0.6 is 11.8 Å². The first-order chi connectivity index (χ1) is 10.7. The number of carbonyl (C=O) groups is 1. The minimum atomic E-state index is -0.269. The van der Waals surface area contributed by atoms with Gasteiger partial charge >= 0.3 is 5.97 Å². The van der Waals surface area contributed by atoms with Gasteiger partial charge in [-0.05, 0) is 42.3 Å². The molecule has 0 radical (unpaired) electrons. The molecule has 0 saturated heterocycles. The lowest BCUT2D eigenvalue weighted by atomic mass is 9.99. The van der Waals surface area contributed by atoms with Gasteiger partial charge in [-0.2, -0.15) is 0 Å². The molecule has 0 aromatic heterocycles. The Hall–Kier alpha value is -1.68. The molecule has 0 spiro atoms. The summed E-state index contributed by atoms with van der Waals surface area (Å²) in [6, 6.07) is 9.87. The Bertz CT molecular complexity index is 569. The van der Waals surface area contributed by atoms with E-state index in [1.165, 1.54) is 11.8 Å². The quantitative estimate of drug-likeness (QED) is 0.326. The Labute approximate surface area is 144 Å². The summed E-state index contributed by atoms with van der Waals surface area (Å²) in [4.78, 5) is 16.1. The average Bonchev–Trinajstić information content (AvgIpc) is 2.48. The Morgan fingerprint density at radius 3 is 2.35 bits per heavy atom. The molecule has 0 saturated carbocycles. The second-order valence-electron chi connectivity index (χ2n) is 6.84. The summed E-state index contributed by atoms with van der Waals surface area (Å²) in [5, 5.41) is 0. The van der Waals surface area contributed by atoms with Crippen LogP contribution in [0.15, 0.2) is 58.0 Å². The van der Waals surface area contributed by atoms with Crippen LogP contribution in [0, 0.1) is 5.41 Å². The number of hydrogen-bond donors (Lipinski definition) is 0. The molecule has 0 amide bonds. The predicted molar refractivity (Wildman–Crippen MR) is 98.2 cm³/mol. The maximum absolute atomic E-state index is 12.5. The van der Waals surface area contributed by atoms with Crippen molar-refractivity contribution >= 4 is 17.7 Å². The highest BCUT2D eigenvalue weighted by Gasteiger charge is 2.19. The molecule has 0 unspecified atom stereocenters. The largest absolute Gasteiger partial charge is 0.461 e. The summed E-state index contributed by atoms with van der Waals surface area (Å²) in [6.45, 7) is 8.48. The van der Waals surface area contributed by atoms with Gasteiger partial charge in [0.2, 0.25) is 0 Å². The van der Waals surface area contributed by atoms with Crippen LogP contribution in [0.2, 0.25) is 0 Å². The van der Waals surface area contributed by atoms with Crippen molar-refractivity contribution in [2.45, 2.75) is 32.6 Å². The minimum Gasteiger partial charge on any atom is -0.461 e. The summed E-state index contributed by atoms with van der Waals surface area (Å²) in [5.41, 5.74) is 0.845. The summed E-state index contributed by atoms with van der Waals surface area (Å²) in [7, 11) is 3.90. The maximum atomic E-state index is 12.5. The molecule has 3 nitrogen and oxygen atoms in total. The first-order valence-electron chi connectivity index (χ1n) is 7.64. The summed E-state index contributed by atoms with van der Waals surface area (Å²) in [5.74, 6) is -0.269. The van der Waals surface area contributed by atoms with E-state index < -0.39 is 0 Å². The average molecular weight is 333 g/mol. The molecule has 0 aliphatic carbocycles. The summed E-state index contributed by atoms with van der Waals surface area (Å²) < 4.78 is 5.50. The molecule has 0 aliphatic heterocycles. The third kappa shape index (κ3) is 7.93. The first kappa shape index (κ1) is 19.4. The van der Waals surface area contributed by atoms with Crippen LogP contribution in [0.3, 0.4) is 0 Å². The molecule has 0 atom stereocenters. The van der Waals surface area contributed by atoms with Gasteiger partial charge in [0.25, 0.3) is 0 Å². The number of ether oxygens (including phenoxy) is 1. The zero-order chi connectivity index (χ0) is 17.5. The smallest absolute Gasteiger partial charge is 0.345 e. The van der Waals surface area contributed by atoms with E-state index in [4.69, 9.17) is 4.74 Å². The zero-order valence-electron chi connectivity index (χ0n) is 14.9. The Morgan fingerprint density at radius 1 is 1.22 bits per heavy atom. The fourth-order valence-electron chi connectivity index (χ4n) is 1.57. The lowest BCUT2D eigenvalue weighted by Crippen LogP contribution is -2.19. The number of hydrogen-bond acceptors (Lipinski definition) is 4. The Balaban J connectivity index is 3.00. The molecule has 0 fully saturated rings. The monoisotopic (exact) mass is 333 g/mol. The van der Waals surface area contributed by atoms with E-state index in [1.54, 1.807) is 0 Å². The molecule has 1 rings (SSSR count). The molecule has 126 valence electrons. The predicted octanol–water partition coefficient (Wildman–Crippen LogP) is 4.72. The number of benzene rings is 1. The van der Waals surface area contributed by atoms with Crippen LogP contribution < -0.4 is 0 Å². The van der Waals surface area contributed by atoms with Crippen molar-refractivity contribution in [3.8, 4) is 0 Å². The van der Waals surface area contributed by atoms with Gasteiger partial charge in [0.05, 0.1) is 6.61 Å². The third-order valence-electron chi connectivity index (χ3n) is 2.77. The Kier molecular flexibility index (Phi) is 7.43. The van der Waals surface area contributed by atoms with Crippen LogP contribution in [0.5, 0.6) is 0 Å². The fraction of sp³-hybridized carbons (Fsp3) is 0.421. The molecule has 4 heteroatoms. The van der Waals surface area contributed by atoms with E-state index in [-0.39, 0.29) is 11.4 Å². The van der Waals surface area contributed by atoms with E-state index in [2.05, 4.69) is 0 Å². The number of allylic oxidation sites excluding steroid dienone is 2. The van der Waals surface area contributed by atoms with Gasteiger partial charge in [0.1, 0.15) is 4.91 Å². The van der Waals surface area contributed by atoms with Crippen LogP contribution in [-0.2, 0) is 9.53 Å². The van der Waals surface area contributed by atoms with Gasteiger partial charge in [-0.3, -0.25) is 0 Å². The SMILES string of the molecule is CC(/C=C/N(C)C)=C(/Sc1ccccc1)C(=O)OCC(C)(C)C. The number of esters is 1. The Morgan fingerprint density at radius 2 is 1.83 bits per heavy atom. The van der Waals surface area contributed by atoms with Gasteiger partial charge < -0.3 is 9.64 Å². The highest BCUT2D eigenvalue weighted by atomic mass is 32.2. The van der Waals surface area contributed by atoms with Crippen molar-refractivity contribution in [3.05, 3.63) is 53.1 Å². The number of rotatable bonds is 6. The minimum absolute atomic E-state index is 0.0500. The van der Waals surface area contributed by atoms with E-state index in [1.807, 2.05) is 89.3 Å². The van der Waals surface area contributed by atoms with Gasteiger partial charge in [-0.25, -0.2) is 4.79 Å². The molecule has 0 bridgehead atoms. The van der Waals surface area contributed by atoms with Crippen molar-refractivity contribution in [3.63, 3.8) is 0 Å². The molecule has 0 aliphatic rings. The molecule has 1 aromatic rings. The van der Waals surface area contributed by atoms with Crippen LogP contribution in [0.1, 0.15) is 27.7 Å². The van der Waals surface area contributed by atoms with Crippen molar-refractivity contribution in [1.82, 2.24) is 4.90 Å². The van der Waals surface area contributed by atoms with Crippen LogP contribution in [0.25, 0.3) is 0 Å².